The van der Waals surface area contributed by atoms with Gasteiger partial charge >= 0.3 is 13.8 Å². The fourth-order valence-electron chi connectivity index (χ4n) is 6.50. The molecule has 0 saturated heterocycles. The van der Waals surface area contributed by atoms with Crippen molar-refractivity contribution in [3.05, 3.63) is 36.5 Å². The molecule has 0 aromatic heterocycles. The second-order valence-electron chi connectivity index (χ2n) is 17.1. The van der Waals surface area contributed by atoms with Gasteiger partial charge in [-0.3, -0.25) is 13.8 Å². The normalized spacial score (nSPS) is 14.0. The molecule has 2 unspecified atom stereocenters. The molecule has 1 N–H and O–H groups in total. The molecule has 0 aromatic carbocycles. The molecule has 8 nitrogen and oxygen atoms in total. The molecule has 336 valence electrons. The smallest absolute Gasteiger partial charge is 0.457 e. The van der Waals surface area contributed by atoms with Crippen molar-refractivity contribution in [2.45, 2.75) is 213 Å². The third-order valence-corrected chi connectivity index (χ3v) is 11.2. The fourth-order valence-corrected chi connectivity index (χ4v) is 7.24. The van der Waals surface area contributed by atoms with Gasteiger partial charge in [0.15, 0.2) is 0 Å². The molecule has 0 aliphatic heterocycles. The molecular weight excluding hydrogens is 734 g/mol. The van der Waals surface area contributed by atoms with Gasteiger partial charge < -0.3 is 18.9 Å². The Bertz CT molecular complexity index is 1010. The molecule has 0 aliphatic carbocycles. The van der Waals surface area contributed by atoms with E-state index in [1.54, 1.807) is 0 Å². The van der Waals surface area contributed by atoms with Crippen LogP contribution in [0.1, 0.15) is 206 Å². The third kappa shape index (κ3) is 45.7. The predicted octanol–water partition coefficient (Wildman–Crippen LogP) is 14.2. The van der Waals surface area contributed by atoms with E-state index in [2.05, 4.69) is 50.3 Å². The number of esters is 1. The summed E-state index contributed by atoms with van der Waals surface area (Å²) in [6.45, 7) is 5.62. The molecule has 0 radical (unpaired) electrons. The predicted molar refractivity (Wildman–Crippen MR) is 243 cm³/mol. The SMILES string of the molecule is CCCCCCC/C=C\C/C=C\C/C=C\CCCCCCCCCCC(=O)OC(COCCCCCCCCCCCCCC)COP(=O)(O)OCC[N+](C)(C)C. The lowest BCUT2D eigenvalue weighted by molar-refractivity contribution is -0.870. The summed E-state index contributed by atoms with van der Waals surface area (Å²) in [6, 6.07) is 0. The summed E-state index contributed by atoms with van der Waals surface area (Å²) in [5.74, 6) is -0.319. The van der Waals surface area contributed by atoms with Crippen LogP contribution >= 0.6 is 7.82 Å². The first-order valence-corrected chi connectivity index (χ1v) is 25.2. The highest BCUT2D eigenvalue weighted by molar-refractivity contribution is 7.47. The van der Waals surface area contributed by atoms with Gasteiger partial charge in [-0.2, -0.15) is 0 Å². The Morgan fingerprint density at radius 3 is 1.44 bits per heavy atom. The molecule has 0 heterocycles. The van der Waals surface area contributed by atoms with E-state index in [4.69, 9.17) is 18.5 Å². The molecule has 0 fully saturated rings. The quantitative estimate of drug-likeness (QED) is 0.0215. The zero-order valence-corrected chi connectivity index (χ0v) is 39.0. The van der Waals surface area contributed by atoms with Crippen molar-refractivity contribution in [3.63, 3.8) is 0 Å². The topological polar surface area (TPSA) is 91.3 Å². The van der Waals surface area contributed by atoms with Crippen LogP contribution < -0.4 is 0 Å². The second kappa shape index (κ2) is 41.5. The van der Waals surface area contributed by atoms with Crippen molar-refractivity contribution >= 4 is 13.8 Å². The zero-order chi connectivity index (χ0) is 42.0. The number of unbranched alkanes of at least 4 members (excludes halogenated alkanes) is 24. The number of ether oxygens (including phenoxy) is 2. The number of carbonyl (C=O) groups excluding carboxylic acids is 1. The number of phosphoric ester groups is 1. The third-order valence-electron chi connectivity index (χ3n) is 10.2. The van der Waals surface area contributed by atoms with Gasteiger partial charge in [0.25, 0.3) is 0 Å². The molecule has 2 atom stereocenters. The number of phosphoric acid groups is 1. The van der Waals surface area contributed by atoms with E-state index in [1.165, 1.54) is 135 Å². The van der Waals surface area contributed by atoms with E-state index in [1.807, 2.05) is 21.1 Å². The maximum absolute atomic E-state index is 12.7. The van der Waals surface area contributed by atoms with Crippen LogP contribution in [0.2, 0.25) is 0 Å². The van der Waals surface area contributed by atoms with Crippen LogP contribution in [0.3, 0.4) is 0 Å². The van der Waals surface area contributed by atoms with Crippen LogP contribution in [0.15, 0.2) is 36.5 Å². The Morgan fingerprint density at radius 2 is 0.965 bits per heavy atom. The first kappa shape index (κ1) is 55.7. The average molecular weight is 827 g/mol. The van der Waals surface area contributed by atoms with E-state index >= 15 is 0 Å². The number of hydrogen-bond acceptors (Lipinski definition) is 6. The molecule has 0 amide bonds. The van der Waals surface area contributed by atoms with Crippen molar-refractivity contribution in [3.8, 4) is 0 Å². The van der Waals surface area contributed by atoms with E-state index in [0.717, 1.165) is 51.4 Å². The monoisotopic (exact) mass is 827 g/mol. The average Bonchev–Trinajstić information content (AvgIpc) is 3.16. The molecule has 9 heteroatoms. The van der Waals surface area contributed by atoms with Gasteiger partial charge in [0, 0.05) is 13.0 Å². The first-order valence-electron chi connectivity index (χ1n) is 23.7. The van der Waals surface area contributed by atoms with E-state index in [9.17, 15) is 14.3 Å². The Morgan fingerprint density at radius 1 is 0.544 bits per heavy atom. The van der Waals surface area contributed by atoms with Crippen LogP contribution in [0.25, 0.3) is 0 Å². The fraction of sp³-hybridized carbons (Fsp3) is 0.854. The largest absolute Gasteiger partial charge is 0.472 e. The first-order chi connectivity index (χ1) is 27.6. The van der Waals surface area contributed by atoms with Crippen LogP contribution in [0, 0.1) is 0 Å². The summed E-state index contributed by atoms with van der Waals surface area (Å²) < 4.78 is 35.0. The van der Waals surface area contributed by atoms with Crippen LogP contribution in [0.5, 0.6) is 0 Å². The van der Waals surface area contributed by atoms with Crippen LogP contribution in [-0.4, -0.2) is 75.6 Å². The number of carbonyl (C=O) groups is 1. The van der Waals surface area contributed by atoms with Gasteiger partial charge in [-0.15, -0.1) is 0 Å². The van der Waals surface area contributed by atoms with Crippen molar-refractivity contribution in [1.29, 1.82) is 0 Å². The van der Waals surface area contributed by atoms with Gasteiger partial charge in [-0.25, -0.2) is 4.57 Å². The van der Waals surface area contributed by atoms with Crippen molar-refractivity contribution in [1.82, 2.24) is 0 Å². The zero-order valence-electron chi connectivity index (χ0n) is 38.1. The van der Waals surface area contributed by atoms with Crippen LogP contribution in [-0.2, 0) is 27.9 Å². The number of likely N-dealkylation sites (N-methyl/N-ethyl adjacent to an activating group) is 1. The van der Waals surface area contributed by atoms with Gasteiger partial charge in [-0.05, 0) is 51.4 Å². The molecule has 0 rings (SSSR count). The number of allylic oxidation sites excluding steroid dienone is 6. The summed E-state index contributed by atoms with van der Waals surface area (Å²) >= 11 is 0. The Hall–Kier alpha value is -1.28. The number of nitrogens with zero attached hydrogens (tertiary/aromatic N) is 1. The maximum atomic E-state index is 12.7. The molecule has 0 aromatic rings. The van der Waals surface area contributed by atoms with E-state index in [0.29, 0.717) is 24.1 Å². The second-order valence-corrected chi connectivity index (χ2v) is 18.6. The number of rotatable bonds is 44. The van der Waals surface area contributed by atoms with Crippen LogP contribution in [0.4, 0.5) is 0 Å². The number of quaternary nitrogens is 1. The molecule has 0 aliphatic rings. The Labute approximate surface area is 353 Å². The van der Waals surface area contributed by atoms with Gasteiger partial charge in [-0.1, -0.05) is 185 Å². The highest BCUT2D eigenvalue weighted by atomic mass is 31.2. The molecule has 0 saturated carbocycles. The van der Waals surface area contributed by atoms with Crippen molar-refractivity contribution < 1.29 is 37.3 Å². The van der Waals surface area contributed by atoms with E-state index in [-0.39, 0.29) is 25.8 Å². The molecule has 57 heavy (non-hydrogen) atoms. The lowest BCUT2D eigenvalue weighted by Crippen LogP contribution is -2.37. The maximum Gasteiger partial charge on any atom is 0.472 e. The molecule has 0 spiro atoms. The minimum atomic E-state index is -4.27. The summed E-state index contributed by atoms with van der Waals surface area (Å²) in [7, 11) is 1.67. The molecular formula is C48H93NO7P+. The van der Waals surface area contributed by atoms with Gasteiger partial charge in [0.05, 0.1) is 34.4 Å². The highest BCUT2D eigenvalue weighted by Gasteiger charge is 2.26. The Kier molecular flexibility index (Phi) is 40.5. The van der Waals surface area contributed by atoms with Gasteiger partial charge in [0.1, 0.15) is 19.3 Å². The van der Waals surface area contributed by atoms with Crippen molar-refractivity contribution in [2.24, 2.45) is 0 Å². The number of hydrogen-bond donors (Lipinski definition) is 1. The lowest BCUT2D eigenvalue weighted by atomic mass is 10.1. The van der Waals surface area contributed by atoms with Gasteiger partial charge in [0.2, 0.25) is 0 Å². The Balaban J connectivity index is 4.15. The van der Waals surface area contributed by atoms with Crippen molar-refractivity contribution in [2.75, 3.05) is 54.1 Å². The minimum Gasteiger partial charge on any atom is -0.457 e. The summed E-state index contributed by atoms with van der Waals surface area (Å²) in [5.41, 5.74) is 0. The van der Waals surface area contributed by atoms with E-state index < -0.39 is 13.9 Å². The standard InChI is InChI=1S/C48H92NO7P/c1-6-8-10-12-14-16-18-20-21-22-23-24-25-26-27-28-29-30-31-33-35-37-39-41-48(50)56-47(46-55-57(51,52)54-44-42-49(3,4)5)45-53-43-40-38-36-34-32-19-17-15-13-11-9-7-2/h18,20,22-23,25-26,47H,6-17,19,21,24,27-46H2,1-5H3/p+1/b20-18-,23-22-,26-25-. The summed E-state index contributed by atoms with van der Waals surface area (Å²) in [5, 5.41) is 0. The molecule has 0 bridgehead atoms. The highest BCUT2D eigenvalue weighted by Crippen LogP contribution is 2.43. The lowest BCUT2D eigenvalue weighted by Gasteiger charge is -2.24. The summed E-state index contributed by atoms with van der Waals surface area (Å²) in [6.07, 6.45) is 48.9. The summed E-state index contributed by atoms with van der Waals surface area (Å²) in [4.78, 5) is 22.9. The minimum absolute atomic E-state index is 0.0878.